The van der Waals surface area contributed by atoms with Gasteiger partial charge in [0.15, 0.2) is 0 Å². The van der Waals surface area contributed by atoms with Crippen molar-refractivity contribution in [1.82, 2.24) is 0 Å². The summed E-state index contributed by atoms with van der Waals surface area (Å²) in [6, 6.07) is 0. The van der Waals surface area contributed by atoms with Crippen molar-refractivity contribution < 1.29 is 13.0 Å². The Morgan fingerprint density at radius 1 is 1.60 bits per heavy atom. The normalized spacial score (nSPS) is 12.0. The first-order valence-corrected chi connectivity index (χ1v) is 4.08. The van der Waals surface area contributed by atoms with E-state index in [9.17, 15) is 8.42 Å². The van der Waals surface area contributed by atoms with Crippen LogP contribution in [0.15, 0.2) is 12.2 Å². The van der Waals surface area contributed by atoms with Gasteiger partial charge in [-0.1, -0.05) is 6.58 Å². The molecule has 0 heterocycles. The molecule has 0 aromatic rings. The zero-order valence-electron chi connectivity index (χ0n) is 5.32. The lowest BCUT2D eigenvalue weighted by Gasteiger charge is -2.05. The Kier molecular flexibility index (Phi) is 2.97. The van der Waals surface area contributed by atoms with Gasteiger partial charge in [-0.15, -0.1) is 0 Å². The van der Waals surface area contributed by atoms with Crippen LogP contribution in [0.25, 0.3) is 0 Å². The third kappa shape index (κ3) is 4.45. The van der Waals surface area contributed by atoms with Crippen molar-refractivity contribution in [2.45, 2.75) is 6.17 Å². The van der Waals surface area contributed by atoms with Crippen LogP contribution >= 0.6 is 0 Å². The second kappa shape index (κ2) is 3.11. The van der Waals surface area contributed by atoms with Crippen LogP contribution in [0.4, 0.5) is 0 Å². The van der Waals surface area contributed by atoms with Crippen molar-refractivity contribution in [3.05, 3.63) is 12.2 Å². The number of rotatable bonds is 3. The van der Waals surface area contributed by atoms with Gasteiger partial charge in [0.05, 0.1) is 11.9 Å². The highest BCUT2D eigenvalue weighted by molar-refractivity contribution is 7.86. The first-order chi connectivity index (χ1) is 4.33. The molecule has 0 fully saturated rings. The van der Waals surface area contributed by atoms with Crippen molar-refractivity contribution in [1.29, 1.82) is 0 Å². The van der Waals surface area contributed by atoms with Crippen LogP contribution < -0.4 is 11.5 Å². The van der Waals surface area contributed by atoms with E-state index in [-0.39, 0.29) is 5.57 Å². The summed E-state index contributed by atoms with van der Waals surface area (Å²) in [5.41, 5.74) is 10.2. The van der Waals surface area contributed by atoms with E-state index in [2.05, 4.69) is 6.58 Å². The molecule has 5 nitrogen and oxygen atoms in total. The Labute approximate surface area is 59.5 Å². The lowest BCUT2D eigenvalue weighted by molar-refractivity contribution is 0.484. The zero-order chi connectivity index (χ0) is 8.36. The Bertz CT molecular complexity index is 219. The molecule has 0 aliphatic rings. The monoisotopic (exact) mass is 166 g/mol. The molecule has 0 amide bonds. The fourth-order valence-corrected chi connectivity index (χ4v) is 0.992. The van der Waals surface area contributed by atoms with E-state index < -0.39 is 22.0 Å². The molecule has 0 rings (SSSR count). The van der Waals surface area contributed by atoms with Crippen LogP contribution in [0.1, 0.15) is 0 Å². The standard InChI is InChI=1S/C4H10N2O3S/c1-3(4(5)6)2-10(7,8)9/h4H,1-2,5-6H2,(H,7,8,9). The van der Waals surface area contributed by atoms with Crippen LogP contribution in [-0.2, 0) is 10.1 Å². The minimum Gasteiger partial charge on any atom is -0.313 e. The number of nitrogens with two attached hydrogens (primary N) is 2. The Morgan fingerprint density at radius 3 is 2.10 bits per heavy atom. The molecule has 0 spiro atoms. The van der Waals surface area contributed by atoms with E-state index in [0.29, 0.717) is 0 Å². The molecule has 0 atom stereocenters. The van der Waals surface area contributed by atoms with Gasteiger partial charge in [-0.2, -0.15) is 8.42 Å². The van der Waals surface area contributed by atoms with Gasteiger partial charge in [0.2, 0.25) is 0 Å². The maximum Gasteiger partial charge on any atom is 0.268 e. The van der Waals surface area contributed by atoms with Crippen LogP contribution in [0.2, 0.25) is 0 Å². The van der Waals surface area contributed by atoms with Crippen molar-refractivity contribution >= 4 is 10.1 Å². The molecule has 60 valence electrons. The fourth-order valence-electron chi connectivity index (χ4n) is 0.331. The highest BCUT2D eigenvalue weighted by atomic mass is 32.2. The molecule has 0 aliphatic heterocycles. The lowest BCUT2D eigenvalue weighted by Crippen LogP contribution is -2.34. The molecule has 10 heavy (non-hydrogen) atoms. The van der Waals surface area contributed by atoms with Crippen LogP contribution in [-0.4, -0.2) is 24.9 Å². The predicted octanol–water partition coefficient (Wildman–Crippen LogP) is -1.33. The minimum atomic E-state index is -4.03. The second-order valence-corrected chi connectivity index (χ2v) is 3.36. The summed E-state index contributed by atoms with van der Waals surface area (Å²) >= 11 is 0. The molecular formula is C4H10N2O3S. The number of hydrogen-bond acceptors (Lipinski definition) is 4. The average molecular weight is 166 g/mol. The second-order valence-electron chi connectivity index (χ2n) is 1.91. The van der Waals surface area contributed by atoms with E-state index in [1.54, 1.807) is 0 Å². The molecule has 5 N–H and O–H groups in total. The zero-order valence-corrected chi connectivity index (χ0v) is 6.13. The van der Waals surface area contributed by atoms with Crippen molar-refractivity contribution in [2.75, 3.05) is 5.75 Å². The quantitative estimate of drug-likeness (QED) is 0.274. The van der Waals surface area contributed by atoms with Crippen LogP contribution in [0.3, 0.4) is 0 Å². The predicted molar refractivity (Wildman–Crippen MR) is 37.7 cm³/mol. The largest absolute Gasteiger partial charge is 0.313 e. The van der Waals surface area contributed by atoms with E-state index in [1.165, 1.54) is 0 Å². The molecule has 0 unspecified atom stereocenters. The average Bonchev–Trinajstić information content (AvgIpc) is 1.60. The molecular weight excluding hydrogens is 156 g/mol. The minimum absolute atomic E-state index is 0.0856. The summed E-state index contributed by atoms with van der Waals surface area (Å²) in [7, 11) is -4.03. The van der Waals surface area contributed by atoms with Gasteiger partial charge in [-0.05, 0) is 5.57 Å². The SMILES string of the molecule is C=C(CS(=O)(=O)O)C(N)N. The third-order valence-corrected chi connectivity index (χ3v) is 1.57. The van der Waals surface area contributed by atoms with Crippen molar-refractivity contribution in [3.8, 4) is 0 Å². The van der Waals surface area contributed by atoms with Gasteiger partial charge in [0.25, 0.3) is 10.1 Å². The van der Waals surface area contributed by atoms with Gasteiger partial charge in [0, 0.05) is 0 Å². The van der Waals surface area contributed by atoms with Gasteiger partial charge in [-0.25, -0.2) is 0 Å². The van der Waals surface area contributed by atoms with Crippen LogP contribution in [0.5, 0.6) is 0 Å². The smallest absolute Gasteiger partial charge is 0.268 e. The Hall–Kier alpha value is -0.430. The Balaban J connectivity index is 4.07. The molecule has 0 radical (unpaired) electrons. The molecule has 0 aromatic heterocycles. The summed E-state index contributed by atoms with van der Waals surface area (Å²) < 4.78 is 28.5. The molecule has 0 aliphatic carbocycles. The van der Waals surface area contributed by atoms with Gasteiger partial charge in [0.1, 0.15) is 0 Å². The number of hydrogen-bond donors (Lipinski definition) is 3. The lowest BCUT2D eigenvalue weighted by atomic mass is 10.3. The van der Waals surface area contributed by atoms with Gasteiger partial charge < -0.3 is 11.5 Å². The summed E-state index contributed by atoms with van der Waals surface area (Å²) in [6.45, 7) is 3.25. The summed E-state index contributed by atoms with van der Waals surface area (Å²) in [5, 5.41) is 0. The molecule has 6 heteroatoms. The van der Waals surface area contributed by atoms with Gasteiger partial charge in [-0.3, -0.25) is 4.55 Å². The van der Waals surface area contributed by atoms with E-state index in [0.717, 1.165) is 0 Å². The third-order valence-electron chi connectivity index (χ3n) is 0.839. The maximum absolute atomic E-state index is 10.1. The first kappa shape index (κ1) is 9.57. The summed E-state index contributed by atoms with van der Waals surface area (Å²) in [5.74, 6) is -0.579. The highest BCUT2D eigenvalue weighted by Crippen LogP contribution is 1.95. The Morgan fingerprint density at radius 2 is 2.00 bits per heavy atom. The van der Waals surface area contributed by atoms with Crippen LogP contribution in [0, 0.1) is 0 Å². The highest BCUT2D eigenvalue weighted by Gasteiger charge is 2.10. The fraction of sp³-hybridized carbons (Fsp3) is 0.500. The molecule has 0 bridgehead atoms. The van der Waals surface area contributed by atoms with E-state index in [4.69, 9.17) is 16.0 Å². The molecule has 0 saturated heterocycles. The summed E-state index contributed by atoms with van der Waals surface area (Å²) in [4.78, 5) is 0. The molecule has 0 saturated carbocycles. The van der Waals surface area contributed by atoms with E-state index in [1.807, 2.05) is 0 Å². The van der Waals surface area contributed by atoms with E-state index >= 15 is 0 Å². The van der Waals surface area contributed by atoms with Gasteiger partial charge >= 0.3 is 0 Å². The maximum atomic E-state index is 10.1. The van der Waals surface area contributed by atoms with Crippen molar-refractivity contribution in [3.63, 3.8) is 0 Å². The topological polar surface area (TPSA) is 106 Å². The molecule has 0 aromatic carbocycles. The first-order valence-electron chi connectivity index (χ1n) is 2.47. The summed E-state index contributed by atoms with van der Waals surface area (Å²) in [6.07, 6.45) is -0.901. The van der Waals surface area contributed by atoms with Crippen molar-refractivity contribution in [2.24, 2.45) is 11.5 Å².